The minimum Gasteiger partial charge on any atom is -0.394 e. The van der Waals surface area contributed by atoms with Crippen LogP contribution in [-0.4, -0.2) is 65.7 Å². The lowest BCUT2D eigenvalue weighted by molar-refractivity contribution is 0.0747. The van der Waals surface area contributed by atoms with Gasteiger partial charge in [0.15, 0.2) is 11.5 Å². The van der Waals surface area contributed by atoms with E-state index in [0.717, 1.165) is 50.3 Å². The van der Waals surface area contributed by atoms with E-state index in [0.29, 0.717) is 46.4 Å². The summed E-state index contributed by atoms with van der Waals surface area (Å²) in [6.45, 7) is 11.3. The number of benzene rings is 1. The molecule has 2 bridgehead atoms. The molecule has 1 aromatic carbocycles. The molecule has 0 aliphatic carbocycles. The molecule has 3 N–H and O–H groups in total. The molecule has 0 saturated carbocycles. The first-order valence-electron chi connectivity index (χ1n) is 15.9. The quantitative estimate of drug-likeness (QED) is 0.172. The molecule has 46 heavy (non-hydrogen) atoms. The predicted octanol–water partition coefficient (Wildman–Crippen LogP) is 5.04. The first-order chi connectivity index (χ1) is 22.4. The molecule has 12 heteroatoms. The van der Waals surface area contributed by atoms with Gasteiger partial charge in [-0.3, -0.25) is 9.48 Å². The SMILES string of the molecule is C=CCn1c(=O)c2ccc(Nc3cc(N[C@H](CO)c4ccccc4)c(-c4nc(C56CCN(CC5)CC6)no4)cn3)nc2n1C(C)C. The van der Waals surface area contributed by atoms with Crippen molar-refractivity contribution in [2.24, 2.45) is 0 Å². The van der Waals surface area contributed by atoms with Gasteiger partial charge in [0.05, 0.1) is 35.8 Å². The van der Waals surface area contributed by atoms with Gasteiger partial charge in [-0.2, -0.15) is 4.98 Å². The van der Waals surface area contributed by atoms with Crippen LogP contribution in [-0.2, 0) is 12.0 Å². The minimum atomic E-state index is -0.390. The van der Waals surface area contributed by atoms with Gasteiger partial charge in [-0.15, -0.1) is 6.58 Å². The number of nitrogens with zero attached hydrogens (tertiary/aromatic N) is 7. The van der Waals surface area contributed by atoms with E-state index in [-0.39, 0.29) is 23.6 Å². The predicted molar refractivity (Wildman–Crippen MR) is 177 cm³/mol. The zero-order valence-electron chi connectivity index (χ0n) is 26.2. The summed E-state index contributed by atoms with van der Waals surface area (Å²) in [6.07, 6.45) is 6.48. The van der Waals surface area contributed by atoms with Crippen molar-refractivity contribution in [2.75, 3.05) is 36.9 Å². The van der Waals surface area contributed by atoms with Crippen LogP contribution < -0.4 is 16.2 Å². The molecule has 7 heterocycles. The van der Waals surface area contributed by atoms with E-state index in [4.69, 9.17) is 19.5 Å². The van der Waals surface area contributed by atoms with Crippen molar-refractivity contribution in [1.82, 2.24) is 34.4 Å². The average Bonchev–Trinajstić information content (AvgIpc) is 3.69. The van der Waals surface area contributed by atoms with Crippen molar-refractivity contribution in [3.8, 4) is 11.5 Å². The highest BCUT2D eigenvalue weighted by Crippen LogP contribution is 2.42. The second-order valence-corrected chi connectivity index (χ2v) is 12.5. The van der Waals surface area contributed by atoms with E-state index in [9.17, 15) is 9.90 Å². The molecule has 8 rings (SSSR count). The van der Waals surface area contributed by atoms with Crippen molar-refractivity contribution < 1.29 is 9.63 Å². The molecule has 0 radical (unpaired) electrons. The van der Waals surface area contributed by atoms with E-state index in [1.165, 1.54) is 0 Å². The molecule has 12 nitrogen and oxygen atoms in total. The maximum Gasteiger partial charge on any atom is 0.276 e. The number of anilines is 3. The summed E-state index contributed by atoms with van der Waals surface area (Å²) in [5, 5.41) is 22.2. The third-order valence-electron chi connectivity index (χ3n) is 9.33. The number of fused-ring (bicyclic) bond motifs is 4. The van der Waals surface area contributed by atoms with E-state index in [1.54, 1.807) is 29.1 Å². The topological polar surface area (TPSA) is 139 Å². The van der Waals surface area contributed by atoms with Gasteiger partial charge in [0.2, 0.25) is 0 Å². The lowest BCUT2D eigenvalue weighted by atomic mass is 9.71. The smallest absolute Gasteiger partial charge is 0.276 e. The number of hydrogen-bond donors (Lipinski definition) is 3. The number of piperidine rings is 3. The van der Waals surface area contributed by atoms with Crippen molar-refractivity contribution in [1.29, 1.82) is 0 Å². The van der Waals surface area contributed by atoms with E-state index in [1.807, 2.05) is 54.9 Å². The number of rotatable bonds is 11. The lowest BCUT2D eigenvalue weighted by Crippen LogP contribution is -2.51. The molecule has 3 aliphatic rings. The fourth-order valence-corrected chi connectivity index (χ4v) is 6.79. The summed E-state index contributed by atoms with van der Waals surface area (Å²) >= 11 is 0. The van der Waals surface area contributed by atoms with Gasteiger partial charge in [-0.25, -0.2) is 14.6 Å². The number of aliphatic hydroxyl groups excluding tert-OH is 1. The van der Waals surface area contributed by atoms with Crippen LogP contribution in [0.2, 0.25) is 0 Å². The minimum absolute atomic E-state index is 0.00880. The normalized spacial score (nSPS) is 19.9. The Hall–Kier alpha value is -4.81. The van der Waals surface area contributed by atoms with Crippen LogP contribution in [0, 0.1) is 0 Å². The summed E-state index contributed by atoms with van der Waals surface area (Å²) in [5.41, 5.74) is 2.67. The monoisotopic (exact) mass is 621 g/mol. The van der Waals surface area contributed by atoms with Crippen LogP contribution in [0.25, 0.3) is 22.5 Å². The molecule has 3 fully saturated rings. The van der Waals surface area contributed by atoms with Crippen molar-refractivity contribution in [3.05, 3.63) is 89.1 Å². The highest BCUT2D eigenvalue weighted by molar-refractivity contribution is 5.79. The number of hydrogen-bond acceptors (Lipinski definition) is 10. The Morgan fingerprint density at radius 1 is 1.07 bits per heavy atom. The van der Waals surface area contributed by atoms with Crippen LogP contribution in [0.4, 0.5) is 17.3 Å². The summed E-state index contributed by atoms with van der Waals surface area (Å²) in [6, 6.07) is 14.8. The van der Waals surface area contributed by atoms with Crippen molar-refractivity contribution in [2.45, 2.75) is 57.2 Å². The van der Waals surface area contributed by atoms with Gasteiger partial charge in [-0.05, 0) is 70.4 Å². The van der Waals surface area contributed by atoms with Crippen molar-refractivity contribution >= 4 is 28.4 Å². The summed E-state index contributed by atoms with van der Waals surface area (Å²) < 4.78 is 9.44. The van der Waals surface area contributed by atoms with Crippen LogP contribution in [0.3, 0.4) is 0 Å². The van der Waals surface area contributed by atoms with Gasteiger partial charge >= 0.3 is 0 Å². The molecular formula is C34H39N9O3. The summed E-state index contributed by atoms with van der Waals surface area (Å²) in [5.74, 6) is 2.19. The molecule has 238 valence electrons. The maximum atomic E-state index is 13.1. The molecule has 4 aromatic heterocycles. The highest BCUT2D eigenvalue weighted by Gasteiger charge is 2.44. The Kier molecular flexibility index (Phi) is 7.91. The molecule has 5 aromatic rings. The second kappa shape index (κ2) is 12.2. The van der Waals surface area contributed by atoms with Gasteiger partial charge < -0.3 is 25.2 Å². The fraction of sp³-hybridized carbons (Fsp3) is 0.382. The summed E-state index contributed by atoms with van der Waals surface area (Å²) in [7, 11) is 0. The molecule has 1 atom stereocenters. The molecule has 0 amide bonds. The van der Waals surface area contributed by atoms with Gasteiger partial charge in [0.1, 0.15) is 11.6 Å². The Labute approximate surface area is 266 Å². The van der Waals surface area contributed by atoms with Crippen LogP contribution in [0.15, 0.2) is 76.7 Å². The number of allylic oxidation sites excluding steroid dienone is 1. The molecule has 0 spiro atoms. The first kappa shape index (κ1) is 29.9. The third-order valence-corrected chi connectivity index (χ3v) is 9.33. The highest BCUT2D eigenvalue weighted by atomic mass is 16.5. The third kappa shape index (κ3) is 5.37. The van der Waals surface area contributed by atoms with Crippen LogP contribution in [0.5, 0.6) is 0 Å². The molecule has 3 saturated heterocycles. The number of aromatic nitrogens is 6. The van der Waals surface area contributed by atoms with E-state index < -0.39 is 6.04 Å². The van der Waals surface area contributed by atoms with Crippen LogP contribution in [0.1, 0.15) is 56.6 Å². The van der Waals surface area contributed by atoms with Gasteiger partial charge in [-0.1, -0.05) is 41.6 Å². The Balaban J connectivity index is 1.25. The average molecular weight is 622 g/mol. The standard InChI is InChI=1S/C34H39N9O3/c1-4-15-42-32(45)24-10-11-28(38-30(24)43(42)22(2)3)37-29-19-26(36-27(21-44)23-8-6-5-7-9-23)25(20-35-29)31-39-33(40-46-31)34-12-16-41(17-13-34)18-14-34/h4-11,19-20,22,27,44H,1,12-18,21H2,2-3H3,(H2,35,36,37,38)/t27-/m1/s1. The fourth-order valence-electron chi connectivity index (χ4n) is 6.79. The first-order valence-corrected chi connectivity index (χ1v) is 15.9. The molecule has 3 aliphatic heterocycles. The van der Waals surface area contributed by atoms with Crippen LogP contribution >= 0.6 is 0 Å². The van der Waals surface area contributed by atoms with Gasteiger partial charge in [0.25, 0.3) is 11.4 Å². The second-order valence-electron chi connectivity index (χ2n) is 12.5. The zero-order valence-corrected chi connectivity index (χ0v) is 26.2. The molecular weight excluding hydrogens is 582 g/mol. The van der Waals surface area contributed by atoms with E-state index >= 15 is 0 Å². The summed E-state index contributed by atoms with van der Waals surface area (Å²) in [4.78, 5) is 30.0. The number of aliphatic hydroxyl groups is 1. The Morgan fingerprint density at radius 3 is 2.52 bits per heavy atom. The molecule has 0 unspecified atom stereocenters. The number of nitrogens with one attached hydrogen (secondary N) is 2. The van der Waals surface area contributed by atoms with Gasteiger partial charge in [0, 0.05) is 23.7 Å². The Morgan fingerprint density at radius 2 is 1.83 bits per heavy atom. The Bertz CT molecular complexity index is 1910. The van der Waals surface area contributed by atoms with E-state index in [2.05, 4.69) is 27.3 Å². The number of pyridine rings is 2. The zero-order chi connectivity index (χ0) is 31.8. The largest absolute Gasteiger partial charge is 0.394 e. The maximum absolute atomic E-state index is 13.1. The lowest BCUT2D eigenvalue weighted by Gasteiger charge is -2.46. The van der Waals surface area contributed by atoms with Crippen molar-refractivity contribution in [3.63, 3.8) is 0 Å².